The fraction of sp³-hybridized carbons (Fsp3) is 0.733. The molecule has 0 aliphatic carbocycles. The summed E-state index contributed by atoms with van der Waals surface area (Å²) in [6.07, 6.45) is 8.24. The van der Waals surface area contributed by atoms with E-state index in [-0.39, 0.29) is 17.9 Å². The monoisotopic (exact) mass is 264 g/mol. The molecule has 4 heteroatoms. The number of hydrogen-bond donors (Lipinski definition) is 1. The first-order valence-electron chi connectivity index (χ1n) is 7.05. The number of amides is 2. The lowest BCUT2D eigenvalue weighted by molar-refractivity contribution is -0.135. The van der Waals surface area contributed by atoms with E-state index in [9.17, 15) is 9.59 Å². The van der Waals surface area contributed by atoms with Gasteiger partial charge in [-0.05, 0) is 18.8 Å². The van der Waals surface area contributed by atoms with E-state index in [1.165, 1.54) is 0 Å². The minimum absolute atomic E-state index is 0.0315. The maximum Gasteiger partial charge on any atom is 0.246 e. The van der Waals surface area contributed by atoms with Gasteiger partial charge in [0.15, 0.2) is 0 Å². The zero-order chi connectivity index (χ0) is 14.4. The summed E-state index contributed by atoms with van der Waals surface area (Å²) in [4.78, 5) is 25.9. The van der Waals surface area contributed by atoms with Crippen LogP contribution in [-0.2, 0) is 9.59 Å². The molecule has 0 aromatic rings. The molecule has 1 fully saturated rings. The molecule has 1 saturated heterocycles. The Balaban J connectivity index is 2.88. The predicted molar refractivity (Wildman–Crippen MR) is 75.2 cm³/mol. The van der Waals surface area contributed by atoms with E-state index in [0.717, 1.165) is 12.8 Å². The minimum Gasteiger partial charge on any atom is -0.344 e. The quantitative estimate of drug-likeness (QED) is 0.766. The van der Waals surface area contributed by atoms with Crippen molar-refractivity contribution in [3.63, 3.8) is 0 Å². The summed E-state index contributed by atoms with van der Waals surface area (Å²) in [6, 6.07) is -0.623. The van der Waals surface area contributed by atoms with Crippen molar-refractivity contribution < 1.29 is 9.59 Å². The van der Waals surface area contributed by atoms with Crippen molar-refractivity contribution in [1.82, 2.24) is 10.2 Å². The zero-order valence-electron chi connectivity index (χ0n) is 12.1. The van der Waals surface area contributed by atoms with Gasteiger partial charge in [0.05, 0.1) is 6.04 Å². The van der Waals surface area contributed by atoms with Gasteiger partial charge in [-0.2, -0.15) is 0 Å². The van der Waals surface area contributed by atoms with Gasteiger partial charge in [-0.15, -0.1) is 6.42 Å². The number of nitrogens with zero attached hydrogens (tertiary/aromatic N) is 1. The second-order valence-corrected chi connectivity index (χ2v) is 5.50. The number of nitrogens with one attached hydrogen (secondary N) is 1. The number of hydrogen-bond acceptors (Lipinski definition) is 2. The molecule has 19 heavy (non-hydrogen) atoms. The van der Waals surface area contributed by atoms with E-state index in [1.54, 1.807) is 4.90 Å². The van der Waals surface area contributed by atoms with Crippen LogP contribution in [0.25, 0.3) is 0 Å². The zero-order valence-corrected chi connectivity index (χ0v) is 12.1. The molecule has 106 valence electrons. The molecular formula is C15H24N2O2. The van der Waals surface area contributed by atoms with Gasteiger partial charge in [-0.3, -0.25) is 9.59 Å². The molecule has 1 heterocycles. The standard InChI is InChI=1S/C15H24N2O2/c1-5-7-12(6-2)17-9-8-14(18)16-13(15(17)19)10-11(3)4/h2,11-13H,5,7-10H2,1,3-4H3,(H,16,18). The van der Waals surface area contributed by atoms with Crippen molar-refractivity contribution in [2.24, 2.45) is 5.92 Å². The average molecular weight is 264 g/mol. The van der Waals surface area contributed by atoms with Crippen LogP contribution in [0, 0.1) is 18.3 Å². The molecule has 0 spiro atoms. The third-order valence-electron chi connectivity index (χ3n) is 3.33. The third-order valence-corrected chi connectivity index (χ3v) is 3.33. The normalized spacial score (nSPS) is 21.8. The van der Waals surface area contributed by atoms with Crippen molar-refractivity contribution in [2.75, 3.05) is 6.54 Å². The highest BCUT2D eigenvalue weighted by Crippen LogP contribution is 2.16. The van der Waals surface area contributed by atoms with Gasteiger partial charge >= 0.3 is 0 Å². The Labute approximate surface area is 115 Å². The second-order valence-electron chi connectivity index (χ2n) is 5.50. The number of carbonyl (C=O) groups is 2. The Kier molecular flexibility index (Phi) is 5.88. The van der Waals surface area contributed by atoms with Crippen LogP contribution in [0.2, 0.25) is 0 Å². The summed E-state index contributed by atoms with van der Waals surface area (Å²) in [6.45, 7) is 6.55. The Hall–Kier alpha value is -1.50. The summed E-state index contributed by atoms with van der Waals surface area (Å²) in [7, 11) is 0. The predicted octanol–water partition coefficient (Wildman–Crippen LogP) is 1.55. The maximum absolute atomic E-state index is 12.5. The van der Waals surface area contributed by atoms with Crippen molar-refractivity contribution in [1.29, 1.82) is 0 Å². The lowest BCUT2D eigenvalue weighted by Gasteiger charge is -2.29. The summed E-state index contributed by atoms with van der Waals surface area (Å²) in [5.74, 6) is 2.94. The highest BCUT2D eigenvalue weighted by molar-refractivity contribution is 5.90. The number of carbonyl (C=O) groups excluding carboxylic acids is 2. The molecule has 0 aromatic carbocycles. The molecule has 1 rings (SSSR count). The molecule has 0 bridgehead atoms. The van der Waals surface area contributed by atoms with Crippen molar-refractivity contribution in [2.45, 2.75) is 58.5 Å². The minimum atomic E-state index is -0.428. The van der Waals surface area contributed by atoms with Crippen molar-refractivity contribution >= 4 is 11.8 Å². The highest BCUT2D eigenvalue weighted by Gasteiger charge is 2.33. The summed E-state index contributed by atoms with van der Waals surface area (Å²) in [5.41, 5.74) is 0. The first-order chi connectivity index (χ1) is 8.99. The van der Waals surface area contributed by atoms with Gasteiger partial charge in [-0.1, -0.05) is 33.1 Å². The van der Waals surface area contributed by atoms with Gasteiger partial charge in [0.25, 0.3) is 0 Å². The maximum atomic E-state index is 12.5. The Morgan fingerprint density at radius 1 is 1.47 bits per heavy atom. The molecule has 0 radical (unpaired) electrons. The van der Waals surface area contributed by atoms with Gasteiger partial charge in [0.1, 0.15) is 6.04 Å². The van der Waals surface area contributed by atoms with E-state index in [2.05, 4.69) is 11.2 Å². The largest absolute Gasteiger partial charge is 0.344 e. The molecular weight excluding hydrogens is 240 g/mol. The Morgan fingerprint density at radius 3 is 2.68 bits per heavy atom. The first kappa shape index (κ1) is 15.6. The Bertz CT molecular complexity index is 371. The molecule has 0 aromatic heterocycles. The fourth-order valence-corrected chi connectivity index (χ4v) is 2.40. The van der Waals surface area contributed by atoms with Crippen molar-refractivity contribution in [3.8, 4) is 12.3 Å². The van der Waals surface area contributed by atoms with E-state index in [4.69, 9.17) is 6.42 Å². The average Bonchev–Trinajstić information content (AvgIpc) is 2.47. The van der Waals surface area contributed by atoms with Crippen LogP contribution in [0.3, 0.4) is 0 Å². The lowest BCUT2D eigenvalue weighted by atomic mass is 10.0. The SMILES string of the molecule is C#CC(CCC)N1CCC(=O)NC(CC(C)C)C1=O. The number of terminal acetylenes is 1. The van der Waals surface area contributed by atoms with E-state index in [1.807, 2.05) is 20.8 Å². The van der Waals surface area contributed by atoms with Crippen molar-refractivity contribution in [3.05, 3.63) is 0 Å². The summed E-state index contributed by atoms with van der Waals surface area (Å²) in [5, 5.41) is 2.81. The topological polar surface area (TPSA) is 49.4 Å². The highest BCUT2D eigenvalue weighted by atomic mass is 16.2. The van der Waals surface area contributed by atoms with Crippen LogP contribution in [0.1, 0.15) is 46.5 Å². The van der Waals surface area contributed by atoms with Gasteiger partial charge < -0.3 is 10.2 Å². The Morgan fingerprint density at radius 2 is 2.16 bits per heavy atom. The van der Waals surface area contributed by atoms with Crippen LogP contribution >= 0.6 is 0 Å². The lowest BCUT2D eigenvalue weighted by Crippen LogP contribution is -2.48. The van der Waals surface area contributed by atoms with E-state index < -0.39 is 6.04 Å². The molecule has 1 aliphatic heterocycles. The smallest absolute Gasteiger partial charge is 0.246 e. The molecule has 2 amide bonds. The van der Waals surface area contributed by atoms with Crippen LogP contribution < -0.4 is 5.32 Å². The van der Waals surface area contributed by atoms with Crippen LogP contribution in [0.4, 0.5) is 0 Å². The second kappa shape index (κ2) is 7.18. The molecule has 2 unspecified atom stereocenters. The van der Waals surface area contributed by atoms with E-state index >= 15 is 0 Å². The van der Waals surface area contributed by atoms with Gasteiger partial charge in [-0.25, -0.2) is 0 Å². The summed E-state index contributed by atoms with van der Waals surface area (Å²) < 4.78 is 0. The van der Waals surface area contributed by atoms with Crippen LogP contribution in [0.5, 0.6) is 0 Å². The van der Waals surface area contributed by atoms with Gasteiger partial charge in [0, 0.05) is 13.0 Å². The third kappa shape index (κ3) is 4.27. The molecule has 1 aliphatic rings. The molecule has 1 N–H and O–H groups in total. The molecule has 2 atom stereocenters. The van der Waals surface area contributed by atoms with Crippen LogP contribution in [0.15, 0.2) is 0 Å². The fourth-order valence-electron chi connectivity index (χ4n) is 2.40. The van der Waals surface area contributed by atoms with E-state index in [0.29, 0.717) is 25.3 Å². The number of rotatable bonds is 5. The van der Waals surface area contributed by atoms with Crippen LogP contribution in [-0.4, -0.2) is 35.3 Å². The summed E-state index contributed by atoms with van der Waals surface area (Å²) >= 11 is 0. The molecule has 4 nitrogen and oxygen atoms in total. The molecule has 0 saturated carbocycles. The first-order valence-corrected chi connectivity index (χ1v) is 7.05. The van der Waals surface area contributed by atoms with Gasteiger partial charge in [0.2, 0.25) is 11.8 Å².